The number of hydrogen-bond acceptors (Lipinski definition) is 3. The van der Waals surface area contributed by atoms with E-state index in [0.29, 0.717) is 12.6 Å². The Kier molecular flexibility index (Phi) is 4.78. The van der Waals surface area contributed by atoms with Crippen LogP contribution in [-0.2, 0) is 13.1 Å². The maximum atomic E-state index is 5.62. The molecule has 0 saturated heterocycles. The SMILES string of the molecule is CCCC(Cn1ccnc1CN)N(C)C. The summed E-state index contributed by atoms with van der Waals surface area (Å²) in [6.07, 6.45) is 6.24. The highest BCUT2D eigenvalue weighted by Crippen LogP contribution is 2.08. The first-order valence-electron chi connectivity index (χ1n) is 5.55. The molecule has 2 N–H and O–H groups in total. The van der Waals surface area contributed by atoms with Gasteiger partial charge in [0.1, 0.15) is 5.82 Å². The molecule has 0 aliphatic carbocycles. The fourth-order valence-electron chi connectivity index (χ4n) is 1.77. The summed E-state index contributed by atoms with van der Waals surface area (Å²) in [5.74, 6) is 0.970. The molecule has 0 bridgehead atoms. The van der Waals surface area contributed by atoms with Crippen LogP contribution in [-0.4, -0.2) is 34.6 Å². The number of likely N-dealkylation sites (N-methyl/N-ethyl adjacent to an activating group) is 1. The van der Waals surface area contributed by atoms with Gasteiger partial charge in [-0.1, -0.05) is 13.3 Å². The van der Waals surface area contributed by atoms with Crippen LogP contribution in [0.4, 0.5) is 0 Å². The molecule has 0 spiro atoms. The Labute approximate surface area is 92.1 Å². The first-order valence-corrected chi connectivity index (χ1v) is 5.55. The van der Waals surface area contributed by atoms with Crippen molar-refractivity contribution in [3.05, 3.63) is 18.2 Å². The molecule has 1 rings (SSSR count). The van der Waals surface area contributed by atoms with Crippen molar-refractivity contribution in [1.29, 1.82) is 0 Å². The molecule has 0 aliphatic rings. The van der Waals surface area contributed by atoms with Gasteiger partial charge in [-0.15, -0.1) is 0 Å². The van der Waals surface area contributed by atoms with Gasteiger partial charge in [0, 0.05) is 25.0 Å². The first kappa shape index (κ1) is 12.2. The van der Waals surface area contributed by atoms with Crippen LogP contribution in [0.5, 0.6) is 0 Å². The molecule has 1 aromatic rings. The third kappa shape index (κ3) is 3.32. The molecule has 86 valence electrons. The lowest BCUT2D eigenvalue weighted by Crippen LogP contribution is -2.32. The van der Waals surface area contributed by atoms with Crippen molar-refractivity contribution in [2.75, 3.05) is 14.1 Å². The minimum atomic E-state index is 0.513. The van der Waals surface area contributed by atoms with Crippen molar-refractivity contribution in [2.45, 2.75) is 38.9 Å². The van der Waals surface area contributed by atoms with Gasteiger partial charge >= 0.3 is 0 Å². The topological polar surface area (TPSA) is 47.1 Å². The van der Waals surface area contributed by atoms with E-state index in [2.05, 4.69) is 35.5 Å². The second kappa shape index (κ2) is 5.88. The molecule has 1 heterocycles. The van der Waals surface area contributed by atoms with Gasteiger partial charge in [-0.05, 0) is 20.5 Å². The fourth-order valence-corrected chi connectivity index (χ4v) is 1.77. The average molecular weight is 210 g/mol. The van der Waals surface area contributed by atoms with E-state index in [1.54, 1.807) is 0 Å². The Bertz CT molecular complexity index is 280. The van der Waals surface area contributed by atoms with E-state index in [9.17, 15) is 0 Å². The van der Waals surface area contributed by atoms with E-state index in [1.807, 2.05) is 12.4 Å². The van der Waals surface area contributed by atoms with E-state index in [1.165, 1.54) is 12.8 Å². The molecular formula is C11H22N4. The Morgan fingerprint density at radius 3 is 2.80 bits per heavy atom. The zero-order valence-corrected chi connectivity index (χ0v) is 9.98. The Hall–Kier alpha value is -0.870. The molecule has 4 heteroatoms. The molecule has 0 aliphatic heterocycles. The molecule has 0 radical (unpaired) electrons. The molecule has 1 unspecified atom stereocenters. The van der Waals surface area contributed by atoms with Gasteiger partial charge in [-0.25, -0.2) is 4.98 Å². The second-order valence-corrected chi connectivity index (χ2v) is 4.11. The normalized spacial score (nSPS) is 13.4. The summed E-state index contributed by atoms with van der Waals surface area (Å²) >= 11 is 0. The highest BCUT2D eigenvalue weighted by Gasteiger charge is 2.12. The molecular weight excluding hydrogens is 188 g/mol. The summed E-state index contributed by atoms with van der Waals surface area (Å²) in [5.41, 5.74) is 5.62. The van der Waals surface area contributed by atoms with Crippen molar-refractivity contribution in [3.63, 3.8) is 0 Å². The number of aromatic nitrogens is 2. The summed E-state index contributed by atoms with van der Waals surface area (Å²) in [5, 5.41) is 0. The summed E-state index contributed by atoms with van der Waals surface area (Å²) in [7, 11) is 4.25. The monoisotopic (exact) mass is 210 g/mol. The molecule has 15 heavy (non-hydrogen) atoms. The second-order valence-electron chi connectivity index (χ2n) is 4.11. The standard InChI is InChI=1S/C11H22N4/c1-4-5-10(14(2)3)9-15-7-6-13-11(15)8-12/h6-7,10H,4-5,8-9,12H2,1-3H3. The van der Waals surface area contributed by atoms with Gasteiger partial charge in [0.15, 0.2) is 0 Å². The summed E-state index contributed by atoms with van der Waals surface area (Å²) in [6.45, 7) is 3.71. The van der Waals surface area contributed by atoms with Crippen LogP contribution in [0, 0.1) is 0 Å². The number of imidazole rings is 1. The molecule has 1 atom stereocenters. The van der Waals surface area contributed by atoms with E-state index in [0.717, 1.165) is 12.4 Å². The van der Waals surface area contributed by atoms with E-state index in [4.69, 9.17) is 5.73 Å². The maximum absolute atomic E-state index is 5.62. The van der Waals surface area contributed by atoms with Crippen LogP contribution in [0.25, 0.3) is 0 Å². The molecule has 0 saturated carbocycles. The lowest BCUT2D eigenvalue weighted by molar-refractivity contribution is 0.247. The van der Waals surface area contributed by atoms with Crippen molar-refractivity contribution < 1.29 is 0 Å². The number of nitrogens with zero attached hydrogens (tertiary/aromatic N) is 3. The van der Waals surface area contributed by atoms with Crippen molar-refractivity contribution in [3.8, 4) is 0 Å². The molecule has 0 aromatic carbocycles. The van der Waals surface area contributed by atoms with E-state index < -0.39 is 0 Å². The predicted octanol–water partition coefficient (Wildman–Crippen LogP) is 1.07. The zero-order valence-electron chi connectivity index (χ0n) is 9.98. The van der Waals surface area contributed by atoms with E-state index in [-0.39, 0.29) is 0 Å². The van der Waals surface area contributed by atoms with Crippen molar-refractivity contribution in [1.82, 2.24) is 14.5 Å². The Balaban J connectivity index is 2.65. The molecule has 4 nitrogen and oxygen atoms in total. The van der Waals surface area contributed by atoms with Gasteiger partial charge in [-0.3, -0.25) is 0 Å². The minimum absolute atomic E-state index is 0.513. The zero-order chi connectivity index (χ0) is 11.3. The van der Waals surface area contributed by atoms with Crippen molar-refractivity contribution >= 4 is 0 Å². The van der Waals surface area contributed by atoms with Crippen LogP contribution < -0.4 is 5.73 Å². The fraction of sp³-hybridized carbons (Fsp3) is 0.727. The van der Waals surface area contributed by atoms with Gasteiger partial charge in [0.25, 0.3) is 0 Å². The summed E-state index contributed by atoms with van der Waals surface area (Å²) in [4.78, 5) is 6.49. The van der Waals surface area contributed by atoms with Crippen LogP contribution in [0.15, 0.2) is 12.4 Å². The van der Waals surface area contributed by atoms with Crippen molar-refractivity contribution in [2.24, 2.45) is 5.73 Å². The number of hydrogen-bond donors (Lipinski definition) is 1. The van der Waals surface area contributed by atoms with Gasteiger partial charge in [-0.2, -0.15) is 0 Å². The number of rotatable bonds is 6. The highest BCUT2D eigenvalue weighted by atomic mass is 15.2. The van der Waals surface area contributed by atoms with E-state index >= 15 is 0 Å². The maximum Gasteiger partial charge on any atom is 0.122 e. The predicted molar refractivity (Wildman–Crippen MR) is 62.5 cm³/mol. The van der Waals surface area contributed by atoms with Gasteiger partial charge in [0.2, 0.25) is 0 Å². The van der Waals surface area contributed by atoms with Crippen LogP contribution in [0.3, 0.4) is 0 Å². The third-order valence-electron chi connectivity index (χ3n) is 2.74. The Morgan fingerprint density at radius 1 is 1.53 bits per heavy atom. The van der Waals surface area contributed by atoms with Gasteiger partial charge in [0.05, 0.1) is 6.54 Å². The molecule has 1 aromatic heterocycles. The molecule has 0 fully saturated rings. The Morgan fingerprint density at radius 2 is 2.27 bits per heavy atom. The molecule has 0 amide bonds. The van der Waals surface area contributed by atoms with Crippen LogP contribution in [0.1, 0.15) is 25.6 Å². The first-order chi connectivity index (χ1) is 7.19. The smallest absolute Gasteiger partial charge is 0.122 e. The average Bonchev–Trinajstić information content (AvgIpc) is 2.64. The largest absolute Gasteiger partial charge is 0.332 e. The van der Waals surface area contributed by atoms with Crippen LogP contribution >= 0.6 is 0 Å². The summed E-state index contributed by atoms with van der Waals surface area (Å²) < 4.78 is 2.15. The number of nitrogens with two attached hydrogens (primary N) is 1. The minimum Gasteiger partial charge on any atom is -0.332 e. The quantitative estimate of drug-likeness (QED) is 0.764. The van der Waals surface area contributed by atoms with Crippen LogP contribution in [0.2, 0.25) is 0 Å². The lowest BCUT2D eigenvalue weighted by atomic mass is 10.1. The lowest BCUT2D eigenvalue weighted by Gasteiger charge is -2.24. The third-order valence-corrected chi connectivity index (χ3v) is 2.74. The highest BCUT2D eigenvalue weighted by molar-refractivity contribution is 4.92. The summed E-state index contributed by atoms with van der Waals surface area (Å²) in [6, 6.07) is 0.564. The van der Waals surface area contributed by atoms with Gasteiger partial charge < -0.3 is 15.2 Å².